The molecule has 0 atom stereocenters. The molecule has 1 aromatic heterocycles. The van der Waals surface area contributed by atoms with E-state index in [1.807, 2.05) is 11.7 Å². The molecule has 0 saturated heterocycles. The summed E-state index contributed by atoms with van der Waals surface area (Å²) in [7, 11) is 1.98. The van der Waals surface area contributed by atoms with E-state index in [1.54, 1.807) is 0 Å². The molecule has 4 heteroatoms. The summed E-state index contributed by atoms with van der Waals surface area (Å²) < 4.78 is 1.91. The molecular formula is C12H20N4. The van der Waals surface area contributed by atoms with E-state index in [2.05, 4.69) is 5.10 Å². The normalized spacial score (nSPS) is 24.6. The van der Waals surface area contributed by atoms with Crippen LogP contribution >= 0.6 is 0 Å². The van der Waals surface area contributed by atoms with Gasteiger partial charge in [0, 0.05) is 13.0 Å². The molecule has 3 rings (SSSR count). The second kappa shape index (κ2) is 3.55. The first-order valence-electron chi connectivity index (χ1n) is 6.39. The molecule has 0 unspecified atom stereocenters. The molecular weight excluding hydrogens is 200 g/mol. The third-order valence-electron chi connectivity index (χ3n) is 4.19. The van der Waals surface area contributed by atoms with Gasteiger partial charge in [0.05, 0.1) is 5.54 Å². The summed E-state index contributed by atoms with van der Waals surface area (Å²) in [6.45, 7) is 0. The Bertz CT molecular complexity index is 386. The molecule has 0 radical (unpaired) electrons. The molecule has 0 amide bonds. The van der Waals surface area contributed by atoms with Crippen LogP contribution < -0.4 is 5.73 Å². The molecule has 2 fully saturated rings. The molecule has 0 spiro atoms. The highest BCUT2D eigenvalue weighted by atomic mass is 15.3. The van der Waals surface area contributed by atoms with Crippen LogP contribution in [0, 0.1) is 0 Å². The molecule has 0 aliphatic heterocycles. The van der Waals surface area contributed by atoms with Crippen molar-refractivity contribution in [2.24, 2.45) is 12.8 Å². The van der Waals surface area contributed by atoms with E-state index in [0.29, 0.717) is 5.92 Å². The van der Waals surface area contributed by atoms with Crippen molar-refractivity contribution in [3.63, 3.8) is 0 Å². The van der Waals surface area contributed by atoms with Crippen LogP contribution in [-0.4, -0.2) is 14.8 Å². The monoisotopic (exact) mass is 220 g/mol. The van der Waals surface area contributed by atoms with Gasteiger partial charge in [0.25, 0.3) is 0 Å². The lowest BCUT2D eigenvalue weighted by Crippen LogP contribution is -2.45. The van der Waals surface area contributed by atoms with E-state index in [0.717, 1.165) is 24.5 Å². The number of nitrogens with two attached hydrogens (primary N) is 1. The summed E-state index contributed by atoms with van der Waals surface area (Å²) in [4.78, 5) is 4.71. The van der Waals surface area contributed by atoms with Crippen LogP contribution in [-0.2, 0) is 12.6 Å². The topological polar surface area (TPSA) is 56.7 Å². The molecule has 0 bridgehead atoms. The first-order chi connectivity index (χ1) is 7.69. The van der Waals surface area contributed by atoms with E-state index in [9.17, 15) is 0 Å². The summed E-state index contributed by atoms with van der Waals surface area (Å²) in [6.07, 6.45) is 8.50. The van der Waals surface area contributed by atoms with Crippen molar-refractivity contribution in [1.82, 2.24) is 14.8 Å². The van der Waals surface area contributed by atoms with Gasteiger partial charge in [-0.3, -0.25) is 4.68 Å². The second-order valence-corrected chi connectivity index (χ2v) is 5.41. The number of hydrogen-bond donors (Lipinski definition) is 1. The van der Waals surface area contributed by atoms with Gasteiger partial charge in [-0.15, -0.1) is 0 Å². The van der Waals surface area contributed by atoms with Crippen LogP contribution in [0.5, 0.6) is 0 Å². The Labute approximate surface area is 96.2 Å². The lowest BCUT2D eigenvalue weighted by molar-refractivity contribution is 0.230. The van der Waals surface area contributed by atoms with Gasteiger partial charge >= 0.3 is 0 Å². The molecule has 0 aromatic carbocycles. The smallest absolute Gasteiger partial charge is 0.154 e. The average Bonchev–Trinajstić information content (AvgIpc) is 2.82. The van der Waals surface area contributed by atoms with Crippen LogP contribution in [0.1, 0.15) is 62.5 Å². The van der Waals surface area contributed by atoms with Gasteiger partial charge in [-0.25, -0.2) is 4.98 Å². The van der Waals surface area contributed by atoms with Gasteiger partial charge in [-0.05, 0) is 32.1 Å². The predicted octanol–water partition coefficient (Wildman–Crippen LogP) is 1.81. The molecule has 2 aliphatic carbocycles. The average molecular weight is 220 g/mol. The highest BCUT2D eigenvalue weighted by molar-refractivity contribution is 5.13. The Kier molecular flexibility index (Phi) is 2.28. The Balaban J connectivity index is 1.89. The number of hydrogen-bond acceptors (Lipinski definition) is 3. The quantitative estimate of drug-likeness (QED) is 0.827. The van der Waals surface area contributed by atoms with Crippen molar-refractivity contribution in [1.29, 1.82) is 0 Å². The highest BCUT2D eigenvalue weighted by Crippen LogP contribution is 2.39. The Hall–Kier alpha value is -0.900. The van der Waals surface area contributed by atoms with E-state index in [4.69, 9.17) is 10.7 Å². The standard InChI is InChI=1S/C12H20N4/c1-16-11(12(13)7-4-8-12)14-10(15-16)9-5-2-3-6-9/h9H,2-8,13H2,1H3. The summed E-state index contributed by atoms with van der Waals surface area (Å²) in [5.74, 6) is 2.62. The van der Waals surface area contributed by atoms with Crippen molar-refractivity contribution < 1.29 is 0 Å². The first kappa shape index (κ1) is 10.3. The third-order valence-corrected chi connectivity index (χ3v) is 4.19. The van der Waals surface area contributed by atoms with Crippen LogP contribution in [0.25, 0.3) is 0 Å². The largest absolute Gasteiger partial charge is 0.319 e. The van der Waals surface area contributed by atoms with Gasteiger partial charge in [-0.1, -0.05) is 12.8 Å². The van der Waals surface area contributed by atoms with Crippen molar-refractivity contribution in [2.45, 2.75) is 56.4 Å². The zero-order valence-corrected chi connectivity index (χ0v) is 9.95. The van der Waals surface area contributed by atoms with Crippen molar-refractivity contribution >= 4 is 0 Å². The summed E-state index contributed by atoms with van der Waals surface area (Å²) in [5, 5.41) is 4.57. The van der Waals surface area contributed by atoms with Crippen molar-refractivity contribution in [3.8, 4) is 0 Å². The molecule has 88 valence electrons. The molecule has 2 saturated carbocycles. The summed E-state index contributed by atoms with van der Waals surface area (Å²) in [5.41, 5.74) is 6.13. The maximum Gasteiger partial charge on any atom is 0.154 e. The van der Waals surface area contributed by atoms with Gasteiger partial charge in [0.15, 0.2) is 5.82 Å². The highest BCUT2D eigenvalue weighted by Gasteiger charge is 2.39. The fraction of sp³-hybridized carbons (Fsp3) is 0.833. The van der Waals surface area contributed by atoms with Crippen LogP contribution in [0.3, 0.4) is 0 Å². The fourth-order valence-corrected chi connectivity index (χ4v) is 2.98. The maximum absolute atomic E-state index is 6.31. The van der Waals surface area contributed by atoms with Crippen LogP contribution in [0.2, 0.25) is 0 Å². The van der Waals surface area contributed by atoms with E-state index >= 15 is 0 Å². The zero-order chi connectivity index (χ0) is 11.2. The number of rotatable bonds is 2. The predicted molar refractivity (Wildman–Crippen MR) is 61.9 cm³/mol. The Morgan fingerprint density at radius 3 is 2.50 bits per heavy atom. The van der Waals surface area contributed by atoms with Gasteiger partial charge in [0.2, 0.25) is 0 Å². The van der Waals surface area contributed by atoms with Crippen molar-refractivity contribution in [3.05, 3.63) is 11.6 Å². The molecule has 2 N–H and O–H groups in total. The third kappa shape index (κ3) is 1.47. The number of nitrogens with zero attached hydrogens (tertiary/aromatic N) is 3. The second-order valence-electron chi connectivity index (χ2n) is 5.41. The van der Waals surface area contributed by atoms with Gasteiger partial charge in [-0.2, -0.15) is 5.10 Å². The minimum absolute atomic E-state index is 0.182. The van der Waals surface area contributed by atoms with Crippen LogP contribution in [0.15, 0.2) is 0 Å². The van der Waals surface area contributed by atoms with E-state index < -0.39 is 0 Å². The Morgan fingerprint density at radius 2 is 1.94 bits per heavy atom. The maximum atomic E-state index is 6.31. The van der Waals surface area contributed by atoms with Gasteiger partial charge in [0.1, 0.15) is 5.82 Å². The molecule has 1 aromatic rings. The summed E-state index contributed by atoms with van der Waals surface area (Å²) >= 11 is 0. The lowest BCUT2D eigenvalue weighted by Gasteiger charge is -2.36. The van der Waals surface area contributed by atoms with Crippen LogP contribution in [0.4, 0.5) is 0 Å². The number of aromatic nitrogens is 3. The Morgan fingerprint density at radius 1 is 1.25 bits per heavy atom. The molecule has 2 aliphatic rings. The fourth-order valence-electron chi connectivity index (χ4n) is 2.98. The van der Waals surface area contributed by atoms with Gasteiger partial charge < -0.3 is 5.73 Å². The summed E-state index contributed by atoms with van der Waals surface area (Å²) in [6, 6.07) is 0. The first-order valence-corrected chi connectivity index (χ1v) is 6.39. The minimum Gasteiger partial charge on any atom is -0.319 e. The number of aryl methyl sites for hydroxylation is 1. The molecule has 16 heavy (non-hydrogen) atoms. The zero-order valence-electron chi connectivity index (χ0n) is 9.95. The van der Waals surface area contributed by atoms with E-state index in [-0.39, 0.29) is 5.54 Å². The lowest BCUT2D eigenvalue weighted by atomic mass is 9.77. The van der Waals surface area contributed by atoms with Crippen molar-refractivity contribution in [2.75, 3.05) is 0 Å². The van der Waals surface area contributed by atoms with E-state index in [1.165, 1.54) is 32.1 Å². The molecule has 1 heterocycles. The SMILES string of the molecule is Cn1nc(C2CCCC2)nc1C1(N)CCC1. The molecule has 4 nitrogen and oxygen atoms in total. The minimum atomic E-state index is -0.182.